The van der Waals surface area contributed by atoms with Crippen LogP contribution in [0.15, 0.2) is 36.5 Å². The number of nitrogens with zero attached hydrogens (tertiary/aromatic N) is 4. The zero-order chi connectivity index (χ0) is 19.6. The van der Waals surface area contributed by atoms with E-state index in [-0.39, 0.29) is 11.3 Å². The van der Waals surface area contributed by atoms with Gasteiger partial charge in [-0.2, -0.15) is 0 Å². The Balaban J connectivity index is 1.59. The number of piperidine rings is 1. The number of carbonyl (C=O) groups excluding carboxylic acids is 1. The lowest BCUT2D eigenvalue weighted by molar-refractivity contribution is -0.134. The van der Waals surface area contributed by atoms with Crippen LogP contribution in [0.25, 0.3) is 11.4 Å². The maximum absolute atomic E-state index is 12.9. The lowest BCUT2D eigenvalue weighted by Crippen LogP contribution is -2.50. The summed E-state index contributed by atoms with van der Waals surface area (Å²) < 4.78 is 0. The fourth-order valence-electron chi connectivity index (χ4n) is 4.75. The fraction of sp³-hybridized carbons (Fsp3) is 0.522. The van der Waals surface area contributed by atoms with Gasteiger partial charge >= 0.3 is 0 Å². The van der Waals surface area contributed by atoms with E-state index in [0.717, 1.165) is 63.3 Å². The molecule has 1 unspecified atom stereocenters. The molecule has 1 saturated heterocycles. The molecule has 0 N–H and O–H groups in total. The molecule has 1 aliphatic heterocycles. The van der Waals surface area contributed by atoms with Crippen molar-refractivity contribution >= 4 is 5.91 Å². The average molecular weight is 379 g/mol. The number of rotatable bonds is 5. The molecule has 5 heteroatoms. The van der Waals surface area contributed by atoms with Gasteiger partial charge in [0.25, 0.3) is 0 Å². The summed E-state index contributed by atoms with van der Waals surface area (Å²) in [4.78, 5) is 26.8. The number of fused-ring (bicyclic) bond motifs is 2. The average Bonchev–Trinajstić information content (AvgIpc) is 3.09. The lowest BCUT2D eigenvalue weighted by Gasteiger charge is -2.41. The number of likely N-dealkylation sites (N-methyl/N-ethyl adjacent to an activating group) is 1. The van der Waals surface area contributed by atoms with E-state index in [4.69, 9.17) is 4.98 Å². The third-order valence-corrected chi connectivity index (χ3v) is 6.45. The first-order valence-corrected chi connectivity index (χ1v) is 10.6. The van der Waals surface area contributed by atoms with E-state index >= 15 is 0 Å². The highest BCUT2D eigenvalue weighted by Crippen LogP contribution is 2.44. The number of likely N-dealkylation sites (tertiary alicyclic amines) is 1. The predicted octanol–water partition coefficient (Wildman–Crippen LogP) is 3.29. The van der Waals surface area contributed by atoms with Crippen molar-refractivity contribution < 1.29 is 4.79 Å². The van der Waals surface area contributed by atoms with Crippen molar-refractivity contribution in [2.24, 2.45) is 0 Å². The summed E-state index contributed by atoms with van der Waals surface area (Å²) in [6, 6.07) is 10.2. The Kier molecular flexibility index (Phi) is 5.44. The molecule has 1 amide bonds. The molecule has 2 aromatic rings. The highest BCUT2D eigenvalue weighted by molar-refractivity contribution is 5.78. The Morgan fingerprint density at radius 2 is 1.96 bits per heavy atom. The van der Waals surface area contributed by atoms with Crippen LogP contribution >= 0.6 is 0 Å². The monoisotopic (exact) mass is 378 g/mol. The van der Waals surface area contributed by atoms with Crippen LogP contribution in [0.4, 0.5) is 0 Å². The molecule has 0 bridgehead atoms. The molecule has 1 atom stereocenters. The largest absolute Gasteiger partial charge is 0.341 e. The minimum atomic E-state index is -0.00102. The first-order chi connectivity index (χ1) is 13.6. The van der Waals surface area contributed by atoms with Gasteiger partial charge in [0, 0.05) is 30.3 Å². The Bertz CT molecular complexity index is 830. The van der Waals surface area contributed by atoms with Gasteiger partial charge in [-0.1, -0.05) is 44.2 Å². The van der Waals surface area contributed by atoms with Crippen molar-refractivity contribution in [2.75, 3.05) is 32.7 Å². The highest BCUT2D eigenvalue weighted by atomic mass is 16.2. The van der Waals surface area contributed by atoms with Crippen molar-refractivity contribution in [3.63, 3.8) is 0 Å². The summed E-state index contributed by atoms with van der Waals surface area (Å²) in [5, 5.41) is 0. The second-order valence-electron chi connectivity index (χ2n) is 8.09. The third kappa shape index (κ3) is 3.55. The number of amides is 1. The van der Waals surface area contributed by atoms with Gasteiger partial charge in [0.05, 0.1) is 12.2 Å². The standard InChI is InChI=1S/C23H30N4O/c1-3-26(4-2)16-20(28)27-14-8-12-23(17-27)13-11-19-15-24-22(25-21(19)23)18-9-6-5-7-10-18/h5-7,9-10,15H,3-4,8,11-14,16-17H2,1-2H3. The van der Waals surface area contributed by atoms with Crippen LogP contribution in [0.5, 0.6) is 0 Å². The second kappa shape index (κ2) is 8.00. The van der Waals surface area contributed by atoms with Crippen LogP contribution < -0.4 is 0 Å². The minimum Gasteiger partial charge on any atom is -0.341 e. The van der Waals surface area contributed by atoms with Crippen LogP contribution in [-0.2, 0) is 16.6 Å². The minimum absolute atomic E-state index is 0.00102. The lowest BCUT2D eigenvalue weighted by atomic mass is 9.77. The van der Waals surface area contributed by atoms with Crippen LogP contribution in [-0.4, -0.2) is 58.4 Å². The van der Waals surface area contributed by atoms with E-state index in [2.05, 4.69) is 40.8 Å². The molecule has 2 aliphatic rings. The summed E-state index contributed by atoms with van der Waals surface area (Å²) in [5.41, 5.74) is 3.50. The van der Waals surface area contributed by atoms with Gasteiger partial charge in [0.1, 0.15) is 0 Å². The van der Waals surface area contributed by atoms with Gasteiger partial charge in [-0.3, -0.25) is 9.69 Å². The van der Waals surface area contributed by atoms with E-state index < -0.39 is 0 Å². The van der Waals surface area contributed by atoms with Crippen molar-refractivity contribution in [1.29, 1.82) is 0 Å². The SMILES string of the molecule is CCN(CC)CC(=O)N1CCCC2(CCc3cnc(-c4ccccc4)nc32)C1. The molecule has 0 saturated carbocycles. The fourth-order valence-corrected chi connectivity index (χ4v) is 4.75. The summed E-state index contributed by atoms with van der Waals surface area (Å²) in [5.74, 6) is 1.06. The van der Waals surface area contributed by atoms with E-state index in [9.17, 15) is 4.79 Å². The topological polar surface area (TPSA) is 49.3 Å². The number of aryl methyl sites for hydroxylation is 1. The third-order valence-electron chi connectivity index (χ3n) is 6.45. The van der Waals surface area contributed by atoms with Crippen molar-refractivity contribution in [1.82, 2.24) is 19.8 Å². The number of hydrogen-bond donors (Lipinski definition) is 0. The van der Waals surface area contributed by atoms with Gasteiger partial charge in [-0.05, 0) is 44.3 Å². The molecule has 4 rings (SSSR count). The molecule has 1 spiro atoms. The Morgan fingerprint density at radius 3 is 2.71 bits per heavy atom. The van der Waals surface area contributed by atoms with Crippen LogP contribution in [0, 0.1) is 0 Å². The van der Waals surface area contributed by atoms with Gasteiger partial charge in [-0.15, -0.1) is 0 Å². The van der Waals surface area contributed by atoms with Crippen LogP contribution in [0.3, 0.4) is 0 Å². The van der Waals surface area contributed by atoms with Gasteiger partial charge < -0.3 is 4.90 Å². The van der Waals surface area contributed by atoms with Gasteiger partial charge in [-0.25, -0.2) is 9.97 Å². The number of aromatic nitrogens is 2. The van der Waals surface area contributed by atoms with Crippen molar-refractivity contribution in [3.8, 4) is 11.4 Å². The maximum atomic E-state index is 12.9. The van der Waals surface area contributed by atoms with Gasteiger partial charge in [0.15, 0.2) is 5.82 Å². The zero-order valence-electron chi connectivity index (χ0n) is 17.0. The number of benzene rings is 1. The molecule has 0 radical (unpaired) electrons. The molecule has 28 heavy (non-hydrogen) atoms. The van der Waals surface area contributed by atoms with Crippen molar-refractivity contribution in [3.05, 3.63) is 47.8 Å². The quantitative estimate of drug-likeness (QED) is 0.801. The first-order valence-electron chi connectivity index (χ1n) is 10.6. The van der Waals surface area contributed by atoms with Crippen molar-refractivity contribution in [2.45, 2.75) is 44.9 Å². The molecule has 1 aromatic heterocycles. The Labute approximate surface area is 167 Å². The molecule has 2 heterocycles. The highest BCUT2D eigenvalue weighted by Gasteiger charge is 2.44. The normalized spacial score (nSPS) is 21.3. The molecule has 1 aliphatic carbocycles. The van der Waals surface area contributed by atoms with E-state index in [0.29, 0.717) is 6.54 Å². The summed E-state index contributed by atoms with van der Waals surface area (Å²) in [7, 11) is 0. The van der Waals surface area contributed by atoms with Crippen LogP contribution in [0.2, 0.25) is 0 Å². The predicted molar refractivity (Wildman–Crippen MR) is 111 cm³/mol. The molecular weight excluding hydrogens is 348 g/mol. The van der Waals surface area contributed by atoms with E-state index in [1.807, 2.05) is 24.4 Å². The van der Waals surface area contributed by atoms with E-state index in [1.54, 1.807) is 0 Å². The Morgan fingerprint density at radius 1 is 1.18 bits per heavy atom. The molecule has 148 valence electrons. The maximum Gasteiger partial charge on any atom is 0.236 e. The van der Waals surface area contributed by atoms with E-state index in [1.165, 1.54) is 11.3 Å². The number of carbonyl (C=O) groups is 1. The smallest absolute Gasteiger partial charge is 0.236 e. The molecule has 5 nitrogen and oxygen atoms in total. The first kappa shape index (κ1) is 19.1. The zero-order valence-corrected chi connectivity index (χ0v) is 17.0. The van der Waals surface area contributed by atoms with Gasteiger partial charge in [0.2, 0.25) is 5.91 Å². The number of hydrogen-bond acceptors (Lipinski definition) is 4. The molecule has 1 fully saturated rings. The second-order valence-corrected chi connectivity index (χ2v) is 8.09. The summed E-state index contributed by atoms with van der Waals surface area (Å²) >= 11 is 0. The molecule has 1 aromatic carbocycles. The van der Waals surface area contributed by atoms with Crippen LogP contribution in [0.1, 0.15) is 44.4 Å². The Hall–Kier alpha value is -2.27. The summed E-state index contributed by atoms with van der Waals surface area (Å²) in [6.07, 6.45) is 6.26. The summed E-state index contributed by atoms with van der Waals surface area (Å²) in [6.45, 7) is 8.25. The molecular formula is C23H30N4O.